The van der Waals surface area contributed by atoms with Crippen molar-refractivity contribution in [2.45, 2.75) is 6.61 Å². The molecule has 0 bridgehead atoms. The van der Waals surface area contributed by atoms with Gasteiger partial charge in [-0.2, -0.15) is 0 Å². The first-order chi connectivity index (χ1) is 10.3. The zero-order valence-electron chi connectivity index (χ0n) is 11.2. The molecule has 0 atom stereocenters. The highest BCUT2D eigenvalue weighted by molar-refractivity contribution is 5.93. The van der Waals surface area contributed by atoms with Gasteiger partial charge in [-0.1, -0.05) is 42.5 Å². The lowest BCUT2D eigenvalue weighted by molar-refractivity contribution is 0.0229. The lowest BCUT2D eigenvalue weighted by Gasteiger charge is -2.06. The van der Waals surface area contributed by atoms with Gasteiger partial charge in [0.25, 0.3) is 5.91 Å². The summed E-state index contributed by atoms with van der Waals surface area (Å²) in [6.07, 6.45) is 1.43. The van der Waals surface area contributed by atoms with Crippen LogP contribution in [0.25, 0.3) is 11.0 Å². The zero-order chi connectivity index (χ0) is 14.5. The van der Waals surface area contributed by atoms with E-state index in [0.717, 1.165) is 11.1 Å². The second-order valence-electron chi connectivity index (χ2n) is 4.45. The first kappa shape index (κ1) is 13.2. The molecule has 104 valence electrons. The highest BCUT2D eigenvalue weighted by Crippen LogP contribution is 2.08. The Morgan fingerprint density at radius 1 is 1.00 bits per heavy atom. The van der Waals surface area contributed by atoms with Gasteiger partial charge in [0.2, 0.25) is 0 Å². The van der Waals surface area contributed by atoms with E-state index in [0.29, 0.717) is 12.1 Å². The van der Waals surface area contributed by atoms with Crippen molar-refractivity contribution in [3.8, 4) is 0 Å². The van der Waals surface area contributed by atoms with Crippen LogP contribution in [0.5, 0.6) is 0 Å². The molecule has 0 saturated heterocycles. The Labute approximate surface area is 121 Å². The fraction of sp³-hybridized carbons (Fsp3) is 0.0625. The Hall–Kier alpha value is -2.79. The van der Waals surface area contributed by atoms with Crippen LogP contribution in [0, 0.1) is 0 Å². The smallest absolute Gasteiger partial charge is 0.269 e. The van der Waals surface area contributed by atoms with Crippen LogP contribution >= 0.6 is 0 Å². The first-order valence-electron chi connectivity index (χ1n) is 6.51. The molecule has 0 aliphatic heterocycles. The third kappa shape index (κ3) is 3.21. The Morgan fingerprint density at radius 2 is 1.71 bits per heavy atom. The summed E-state index contributed by atoms with van der Waals surface area (Å²) in [6.45, 7) is 0.299. The molecular weight excluding hydrogens is 266 g/mol. The molecular formula is C16H13N3O2. The molecule has 0 unspecified atom stereocenters. The highest BCUT2D eigenvalue weighted by Gasteiger charge is 2.08. The number of amides is 1. The van der Waals surface area contributed by atoms with Crippen molar-refractivity contribution >= 4 is 16.9 Å². The number of benzene rings is 2. The van der Waals surface area contributed by atoms with Gasteiger partial charge in [-0.25, -0.2) is 10.5 Å². The first-order valence-corrected chi connectivity index (χ1v) is 6.51. The third-order valence-electron chi connectivity index (χ3n) is 2.93. The number of nitrogens with zero attached hydrogens (tertiary/aromatic N) is 2. The maximum absolute atomic E-state index is 11.9. The van der Waals surface area contributed by atoms with E-state index in [1.807, 2.05) is 54.6 Å². The molecule has 5 nitrogen and oxygen atoms in total. The molecule has 0 radical (unpaired) electrons. The summed E-state index contributed by atoms with van der Waals surface area (Å²) in [7, 11) is 0. The number of hydroxylamine groups is 1. The summed E-state index contributed by atoms with van der Waals surface area (Å²) in [6, 6.07) is 17.0. The molecule has 0 spiro atoms. The van der Waals surface area contributed by atoms with Gasteiger partial charge in [-0.05, 0) is 17.7 Å². The van der Waals surface area contributed by atoms with Crippen LogP contribution in [0.15, 0.2) is 60.8 Å². The summed E-state index contributed by atoms with van der Waals surface area (Å²) >= 11 is 0. The Bertz CT molecular complexity index is 760. The molecule has 1 aromatic heterocycles. The van der Waals surface area contributed by atoms with Crippen molar-refractivity contribution in [3.63, 3.8) is 0 Å². The van der Waals surface area contributed by atoms with Crippen molar-refractivity contribution < 1.29 is 9.63 Å². The average molecular weight is 279 g/mol. The second kappa shape index (κ2) is 6.11. The molecule has 21 heavy (non-hydrogen) atoms. The predicted molar refractivity (Wildman–Crippen MR) is 78.2 cm³/mol. The quantitative estimate of drug-likeness (QED) is 0.745. The van der Waals surface area contributed by atoms with Crippen molar-refractivity contribution in [3.05, 3.63) is 72.1 Å². The van der Waals surface area contributed by atoms with Crippen LogP contribution in [-0.2, 0) is 11.4 Å². The average Bonchev–Trinajstić information content (AvgIpc) is 2.55. The Kier molecular flexibility index (Phi) is 3.84. The lowest BCUT2D eigenvalue weighted by atomic mass is 10.2. The molecule has 5 heteroatoms. The molecule has 0 aliphatic carbocycles. The molecule has 1 amide bonds. The monoisotopic (exact) mass is 279 g/mol. The molecule has 0 saturated carbocycles. The van der Waals surface area contributed by atoms with Gasteiger partial charge in [0.05, 0.1) is 23.8 Å². The number of para-hydroxylation sites is 2. The number of aromatic nitrogens is 2. The number of hydrogen-bond acceptors (Lipinski definition) is 4. The minimum absolute atomic E-state index is 0.224. The number of hydrogen-bond donors (Lipinski definition) is 1. The van der Waals surface area contributed by atoms with Gasteiger partial charge in [-0.15, -0.1) is 0 Å². The van der Waals surface area contributed by atoms with Gasteiger partial charge < -0.3 is 0 Å². The maximum Gasteiger partial charge on any atom is 0.295 e. The maximum atomic E-state index is 11.9. The Balaban J connectivity index is 1.64. The van der Waals surface area contributed by atoms with E-state index in [4.69, 9.17) is 4.84 Å². The van der Waals surface area contributed by atoms with Crippen LogP contribution in [0.3, 0.4) is 0 Å². The summed E-state index contributed by atoms with van der Waals surface area (Å²) in [5.41, 5.74) is 4.99. The van der Waals surface area contributed by atoms with Crippen molar-refractivity contribution in [1.29, 1.82) is 0 Å². The summed E-state index contributed by atoms with van der Waals surface area (Å²) in [5, 5.41) is 0. The topological polar surface area (TPSA) is 64.1 Å². The fourth-order valence-corrected chi connectivity index (χ4v) is 1.88. The van der Waals surface area contributed by atoms with E-state index < -0.39 is 5.91 Å². The SMILES string of the molecule is O=C(NOCc1ccccc1)c1cnc2ccccc2n1. The Morgan fingerprint density at radius 3 is 2.52 bits per heavy atom. The van der Waals surface area contributed by atoms with E-state index >= 15 is 0 Å². The number of carbonyl (C=O) groups excluding carboxylic acids is 1. The highest BCUT2D eigenvalue weighted by atomic mass is 16.6. The van der Waals surface area contributed by atoms with Gasteiger partial charge in [0.15, 0.2) is 0 Å². The van der Waals surface area contributed by atoms with E-state index in [-0.39, 0.29) is 5.69 Å². The second-order valence-corrected chi connectivity index (χ2v) is 4.45. The van der Waals surface area contributed by atoms with E-state index in [1.165, 1.54) is 6.20 Å². The van der Waals surface area contributed by atoms with Crippen LogP contribution in [-0.4, -0.2) is 15.9 Å². The molecule has 2 aromatic carbocycles. The van der Waals surface area contributed by atoms with Gasteiger partial charge in [0.1, 0.15) is 5.69 Å². The summed E-state index contributed by atoms with van der Waals surface area (Å²) in [4.78, 5) is 25.6. The summed E-state index contributed by atoms with van der Waals surface area (Å²) in [5.74, 6) is -0.413. The van der Waals surface area contributed by atoms with Crippen molar-refractivity contribution in [2.75, 3.05) is 0 Å². The number of nitrogens with one attached hydrogen (secondary N) is 1. The molecule has 1 N–H and O–H groups in total. The minimum atomic E-state index is -0.413. The van der Waals surface area contributed by atoms with E-state index in [1.54, 1.807) is 0 Å². The van der Waals surface area contributed by atoms with Crippen LogP contribution in [0.2, 0.25) is 0 Å². The van der Waals surface area contributed by atoms with Gasteiger partial charge in [0, 0.05) is 0 Å². The zero-order valence-corrected chi connectivity index (χ0v) is 11.2. The lowest BCUT2D eigenvalue weighted by Crippen LogP contribution is -2.24. The molecule has 1 heterocycles. The van der Waals surface area contributed by atoms with Gasteiger partial charge >= 0.3 is 0 Å². The molecule has 0 aliphatic rings. The largest absolute Gasteiger partial charge is 0.295 e. The van der Waals surface area contributed by atoms with Crippen molar-refractivity contribution in [1.82, 2.24) is 15.4 Å². The number of carbonyl (C=O) groups is 1. The van der Waals surface area contributed by atoms with Crippen LogP contribution in [0.1, 0.15) is 16.1 Å². The normalized spacial score (nSPS) is 10.5. The standard InChI is InChI=1S/C16H13N3O2/c20-16(19-21-11-12-6-2-1-3-7-12)15-10-17-13-8-4-5-9-14(13)18-15/h1-10H,11H2,(H,19,20). The summed E-state index contributed by atoms with van der Waals surface area (Å²) < 4.78 is 0. The fourth-order valence-electron chi connectivity index (χ4n) is 1.88. The van der Waals surface area contributed by atoms with Crippen molar-refractivity contribution in [2.24, 2.45) is 0 Å². The number of rotatable bonds is 4. The third-order valence-corrected chi connectivity index (χ3v) is 2.93. The molecule has 0 fully saturated rings. The number of fused-ring (bicyclic) bond motifs is 1. The van der Waals surface area contributed by atoms with E-state index in [2.05, 4.69) is 15.4 Å². The molecule has 3 aromatic rings. The van der Waals surface area contributed by atoms with Crippen LogP contribution < -0.4 is 5.48 Å². The van der Waals surface area contributed by atoms with Crippen LogP contribution in [0.4, 0.5) is 0 Å². The van der Waals surface area contributed by atoms with E-state index in [9.17, 15) is 4.79 Å². The predicted octanol–water partition coefficient (Wildman–Crippen LogP) is 2.49. The van der Waals surface area contributed by atoms with Gasteiger partial charge in [-0.3, -0.25) is 14.6 Å². The minimum Gasteiger partial charge on any atom is -0.269 e. The molecule has 3 rings (SSSR count).